The minimum atomic E-state index is -2.72. The fourth-order valence-electron chi connectivity index (χ4n) is 6.91. The van der Waals surface area contributed by atoms with E-state index in [0.29, 0.717) is 0 Å². The van der Waals surface area contributed by atoms with Crippen LogP contribution in [0, 0.1) is 46.8 Å². The Labute approximate surface area is 254 Å². The van der Waals surface area contributed by atoms with Crippen LogP contribution in [0.2, 0.25) is 0 Å². The Morgan fingerprint density at radius 3 is 2.16 bits per heavy atom. The Balaban J connectivity index is 1.62. The minimum Gasteiger partial charge on any atom is -0.504 e. The number of benzene rings is 2. The summed E-state index contributed by atoms with van der Waals surface area (Å²) in [7, 11) is 0. The first-order valence-electron chi connectivity index (χ1n) is 13.1. The molecular weight excluding hydrogens is 642 g/mol. The second-order valence-electron chi connectivity index (χ2n) is 10.8. The highest BCUT2D eigenvalue weighted by molar-refractivity contribution is 6.58. The summed E-state index contributed by atoms with van der Waals surface area (Å²) in [6, 6.07) is 3.69. The Bertz CT molecular complexity index is 1710. The molecule has 2 aliphatic heterocycles. The van der Waals surface area contributed by atoms with Crippen molar-refractivity contribution in [3.8, 4) is 11.5 Å². The highest BCUT2D eigenvalue weighted by Crippen LogP contribution is 2.66. The van der Waals surface area contributed by atoms with Crippen LogP contribution in [0.1, 0.15) is 31.2 Å². The van der Waals surface area contributed by atoms with Crippen LogP contribution in [-0.4, -0.2) is 55.4 Å². The average molecular weight is 661 g/mol. The number of rotatable bonds is 4. The Hall–Kier alpha value is -3.75. The summed E-state index contributed by atoms with van der Waals surface area (Å²) < 4.78 is 77.8. The van der Waals surface area contributed by atoms with Crippen molar-refractivity contribution < 1.29 is 56.2 Å². The van der Waals surface area contributed by atoms with Gasteiger partial charge in [-0.2, -0.15) is 5.06 Å². The van der Waals surface area contributed by atoms with Crippen molar-refractivity contribution in [1.82, 2.24) is 5.06 Å². The maximum absolute atomic E-state index is 15.0. The number of aromatic hydroxyl groups is 1. The van der Waals surface area contributed by atoms with E-state index in [-0.39, 0.29) is 45.6 Å². The molecular formula is C28H19Cl2F5N2O7. The zero-order valence-corrected chi connectivity index (χ0v) is 23.7. The number of phenolic OH excluding ortho intramolecular Hbond substituents is 1. The number of anilines is 1. The number of imide groups is 2. The third-order valence-corrected chi connectivity index (χ3v) is 10.2. The van der Waals surface area contributed by atoms with Gasteiger partial charge in [0.2, 0.25) is 5.82 Å². The lowest BCUT2D eigenvalue weighted by Crippen LogP contribution is -2.60. The summed E-state index contributed by atoms with van der Waals surface area (Å²) in [6.07, 6.45) is 0.630. The highest BCUT2D eigenvalue weighted by Gasteiger charge is 2.77. The Kier molecular flexibility index (Phi) is 6.80. The molecule has 2 N–H and O–H groups in total. The quantitative estimate of drug-likeness (QED) is 0.0945. The van der Waals surface area contributed by atoms with E-state index in [4.69, 9.17) is 27.9 Å². The van der Waals surface area contributed by atoms with Gasteiger partial charge in [-0.3, -0.25) is 24.4 Å². The van der Waals surface area contributed by atoms with Crippen molar-refractivity contribution in [2.45, 2.75) is 35.4 Å². The lowest BCUT2D eigenvalue weighted by Gasteiger charge is -2.50. The number of allylic oxidation sites excluding steroid dienone is 2. The third kappa shape index (κ3) is 3.61. The molecule has 232 valence electrons. The van der Waals surface area contributed by atoms with Gasteiger partial charge >= 0.3 is 0 Å². The molecule has 16 heteroatoms. The van der Waals surface area contributed by atoms with E-state index in [0.717, 1.165) is 6.07 Å². The largest absolute Gasteiger partial charge is 0.504 e. The summed E-state index contributed by atoms with van der Waals surface area (Å²) in [5.41, 5.74) is -1.66. The molecule has 3 fully saturated rings. The summed E-state index contributed by atoms with van der Waals surface area (Å²) in [4.78, 5) is 48.1. The molecule has 6 unspecified atom stereocenters. The number of alkyl halides is 2. The smallest absolute Gasteiger partial charge is 0.258 e. The molecule has 0 bridgehead atoms. The molecule has 0 spiro atoms. The maximum Gasteiger partial charge on any atom is 0.258 e. The second-order valence-corrected chi connectivity index (χ2v) is 12.1. The van der Waals surface area contributed by atoms with Gasteiger partial charge in [0.1, 0.15) is 5.69 Å². The van der Waals surface area contributed by atoms with Gasteiger partial charge in [0, 0.05) is 5.92 Å². The summed E-state index contributed by atoms with van der Waals surface area (Å²) >= 11 is 13.9. The van der Waals surface area contributed by atoms with Crippen LogP contribution in [0.5, 0.6) is 11.5 Å². The molecule has 4 amide bonds. The first kappa shape index (κ1) is 30.3. The number of hydrogen-bond donors (Lipinski definition) is 2. The van der Waals surface area contributed by atoms with Gasteiger partial charge < -0.3 is 9.84 Å². The van der Waals surface area contributed by atoms with Gasteiger partial charge in [0.15, 0.2) is 44.5 Å². The van der Waals surface area contributed by atoms with E-state index in [1.807, 2.05) is 0 Å². The lowest BCUT2D eigenvalue weighted by atomic mass is 9.56. The van der Waals surface area contributed by atoms with E-state index >= 15 is 8.78 Å². The molecule has 2 heterocycles. The molecule has 6 atom stereocenters. The fourth-order valence-corrected chi connectivity index (χ4v) is 7.84. The van der Waals surface area contributed by atoms with Crippen molar-refractivity contribution in [2.24, 2.45) is 17.8 Å². The number of amides is 4. The Morgan fingerprint density at radius 2 is 1.55 bits per heavy atom. The predicted molar refractivity (Wildman–Crippen MR) is 139 cm³/mol. The third-order valence-electron chi connectivity index (χ3n) is 8.82. The monoisotopic (exact) mass is 660 g/mol. The lowest BCUT2D eigenvalue weighted by molar-refractivity contribution is -0.173. The maximum atomic E-state index is 15.0. The topological polar surface area (TPSA) is 124 Å². The number of hydroxylamine groups is 2. The minimum absolute atomic E-state index is 0.0544. The molecule has 2 aromatic rings. The molecule has 4 aliphatic rings. The van der Waals surface area contributed by atoms with Crippen LogP contribution in [0.3, 0.4) is 0 Å². The number of nitrogens with zero attached hydrogens (tertiary/aromatic N) is 2. The molecule has 44 heavy (non-hydrogen) atoms. The zero-order valence-electron chi connectivity index (χ0n) is 22.2. The number of halogens is 7. The molecule has 2 aliphatic carbocycles. The van der Waals surface area contributed by atoms with E-state index < -0.39 is 98.2 Å². The van der Waals surface area contributed by atoms with Crippen LogP contribution in [0.25, 0.3) is 0 Å². The van der Waals surface area contributed by atoms with Crippen LogP contribution >= 0.6 is 23.2 Å². The van der Waals surface area contributed by atoms with E-state index in [1.165, 1.54) is 18.2 Å². The van der Waals surface area contributed by atoms with Crippen LogP contribution < -0.4 is 9.64 Å². The van der Waals surface area contributed by atoms with Crippen molar-refractivity contribution in [2.75, 3.05) is 11.5 Å². The summed E-state index contributed by atoms with van der Waals surface area (Å²) in [6.45, 7) is 1.67. The number of hydrogen-bond acceptors (Lipinski definition) is 7. The standard InChI is InChI=1S/C28H19Cl2F5N2O7/c1-2-44-14-7-9(3-6-13(14)38)16-10-4-5-11-15(24(40)37(43)23(11)39)12(10)8-27(29)25(41)36(26(42)28(16,27)30)22-20(34)18(32)17(31)19(33)21(22)35/h3-4,6-7,11-12,15-16,38,43H,2,5,8H2,1H3. The first-order valence-corrected chi connectivity index (χ1v) is 13.9. The predicted octanol–water partition coefficient (Wildman–Crippen LogP) is 4.44. The molecule has 0 radical (unpaired) electrons. The molecule has 2 aromatic carbocycles. The molecule has 0 aromatic heterocycles. The average Bonchev–Trinajstić information content (AvgIpc) is 3.30. The number of carbonyl (C=O) groups is 4. The number of fused-ring (bicyclic) bond motifs is 4. The zero-order chi connectivity index (χ0) is 32.2. The number of ether oxygens (including phenoxy) is 1. The molecule has 1 saturated carbocycles. The molecule has 2 saturated heterocycles. The van der Waals surface area contributed by atoms with Gasteiger partial charge in [-0.1, -0.05) is 17.7 Å². The van der Waals surface area contributed by atoms with Gasteiger partial charge in [-0.15, -0.1) is 23.2 Å². The molecule has 9 nitrogen and oxygen atoms in total. The van der Waals surface area contributed by atoms with Gasteiger partial charge in [0.05, 0.1) is 18.4 Å². The Morgan fingerprint density at radius 1 is 0.932 bits per heavy atom. The fraction of sp³-hybridized carbons (Fsp3) is 0.357. The van der Waals surface area contributed by atoms with Crippen molar-refractivity contribution in [3.63, 3.8) is 0 Å². The van der Waals surface area contributed by atoms with E-state index in [1.54, 1.807) is 6.92 Å². The first-order chi connectivity index (χ1) is 20.6. The number of carbonyl (C=O) groups excluding carboxylic acids is 4. The normalized spacial score (nSPS) is 31.2. The van der Waals surface area contributed by atoms with Crippen molar-refractivity contribution >= 4 is 52.5 Å². The van der Waals surface area contributed by atoms with Crippen LogP contribution in [-0.2, 0) is 19.2 Å². The summed E-state index contributed by atoms with van der Waals surface area (Å²) in [5.74, 6) is -23.2. The second kappa shape index (κ2) is 9.88. The van der Waals surface area contributed by atoms with E-state index in [2.05, 4.69) is 0 Å². The van der Waals surface area contributed by atoms with Gasteiger partial charge in [-0.25, -0.2) is 26.9 Å². The highest BCUT2D eigenvalue weighted by atomic mass is 35.5. The van der Waals surface area contributed by atoms with Gasteiger partial charge in [-0.05, 0) is 43.4 Å². The molecule has 6 rings (SSSR count). The SMILES string of the molecule is CCOc1cc(C2C3=CCC4C(=O)N(O)C(=O)C4C3CC3(Cl)C(=O)N(c4c(F)c(F)c(F)c(F)c4F)C(=O)C23Cl)ccc1O. The summed E-state index contributed by atoms with van der Waals surface area (Å²) in [5, 5.41) is 20.4. The van der Waals surface area contributed by atoms with Crippen molar-refractivity contribution in [1.29, 1.82) is 0 Å². The number of phenols is 1. The van der Waals surface area contributed by atoms with E-state index in [9.17, 15) is 42.7 Å². The van der Waals surface area contributed by atoms with Crippen LogP contribution in [0.4, 0.5) is 27.6 Å². The van der Waals surface area contributed by atoms with Crippen LogP contribution in [0.15, 0.2) is 29.8 Å². The van der Waals surface area contributed by atoms with Crippen molar-refractivity contribution in [3.05, 3.63) is 64.5 Å². The van der Waals surface area contributed by atoms with Gasteiger partial charge in [0.25, 0.3) is 23.6 Å².